The molecule has 2 N–H and O–H groups in total. The first-order valence-electron chi connectivity index (χ1n) is 5.82. The maximum absolute atomic E-state index is 13.5. The summed E-state index contributed by atoms with van der Waals surface area (Å²) in [4.78, 5) is 0. The molecule has 1 aliphatic rings. The van der Waals surface area contributed by atoms with Gasteiger partial charge in [0.2, 0.25) is 0 Å². The highest BCUT2D eigenvalue weighted by molar-refractivity contribution is 5.51. The van der Waals surface area contributed by atoms with E-state index in [9.17, 15) is 9.50 Å². The Kier molecular flexibility index (Phi) is 3.15. The topological polar surface area (TPSA) is 32.3 Å². The third kappa shape index (κ3) is 2.35. The normalized spacial score (nSPS) is 18.7. The summed E-state index contributed by atoms with van der Waals surface area (Å²) < 4.78 is 13.5. The van der Waals surface area contributed by atoms with Gasteiger partial charge in [0.1, 0.15) is 5.82 Å². The summed E-state index contributed by atoms with van der Waals surface area (Å²) in [6.07, 6.45) is 3.75. The Bertz CT molecular complexity index is 352. The van der Waals surface area contributed by atoms with Crippen LogP contribution in [0, 0.1) is 12.7 Å². The van der Waals surface area contributed by atoms with E-state index in [1.54, 1.807) is 6.07 Å². The predicted octanol–water partition coefficient (Wildman–Crippen LogP) is 2.85. The van der Waals surface area contributed by atoms with E-state index < -0.39 is 5.60 Å². The first-order chi connectivity index (χ1) is 7.61. The lowest BCUT2D eigenvalue weighted by atomic mass is 10.0. The Morgan fingerprint density at radius 1 is 1.38 bits per heavy atom. The molecule has 0 radical (unpaired) electrons. The number of halogens is 1. The van der Waals surface area contributed by atoms with E-state index in [0.29, 0.717) is 12.2 Å². The summed E-state index contributed by atoms with van der Waals surface area (Å²) in [6.45, 7) is 2.30. The van der Waals surface area contributed by atoms with Crippen molar-refractivity contribution in [3.8, 4) is 0 Å². The SMILES string of the molecule is Cc1cccc(F)c1NCC1(O)CCCC1. The van der Waals surface area contributed by atoms with Gasteiger partial charge < -0.3 is 10.4 Å². The van der Waals surface area contributed by atoms with Crippen LogP contribution in [0.3, 0.4) is 0 Å². The molecule has 0 aromatic heterocycles. The number of aryl methyl sites for hydroxylation is 1. The van der Waals surface area contributed by atoms with Crippen LogP contribution >= 0.6 is 0 Å². The lowest BCUT2D eigenvalue weighted by molar-refractivity contribution is 0.0614. The fourth-order valence-electron chi connectivity index (χ4n) is 2.32. The van der Waals surface area contributed by atoms with E-state index in [1.165, 1.54) is 6.07 Å². The zero-order chi connectivity index (χ0) is 11.6. The van der Waals surface area contributed by atoms with Crippen LogP contribution in [-0.4, -0.2) is 17.3 Å². The molecule has 1 aromatic rings. The molecule has 1 aromatic carbocycles. The molecular weight excluding hydrogens is 205 g/mol. The van der Waals surface area contributed by atoms with Gasteiger partial charge in [-0.05, 0) is 31.4 Å². The van der Waals surface area contributed by atoms with Crippen molar-refractivity contribution in [3.05, 3.63) is 29.6 Å². The molecule has 1 aliphatic carbocycles. The molecule has 0 atom stereocenters. The molecule has 0 amide bonds. The molecule has 0 aliphatic heterocycles. The van der Waals surface area contributed by atoms with E-state index in [0.717, 1.165) is 31.2 Å². The Morgan fingerprint density at radius 3 is 2.69 bits per heavy atom. The predicted molar refractivity (Wildman–Crippen MR) is 63.0 cm³/mol. The number of nitrogens with one attached hydrogen (secondary N) is 1. The third-order valence-corrected chi connectivity index (χ3v) is 3.35. The molecule has 3 heteroatoms. The maximum atomic E-state index is 13.5. The Morgan fingerprint density at radius 2 is 2.06 bits per heavy atom. The van der Waals surface area contributed by atoms with Gasteiger partial charge in [-0.15, -0.1) is 0 Å². The minimum atomic E-state index is -0.644. The van der Waals surface area contributed by atoms with Crippen LogP contribution in [0.25, 0.3) is 0 Å². The zero-order valence-electron chi connectivity index (χ0n) is 9.59. The van der Waals surface area contributed by atoms with E-state index in [2.05, 4.69) is 5.32 Å². The van der Waals surface area contributed by atoms with Crippen molar-refractivity contribution in [2.45, 2.75) is 38.2 Å². The minimum absolute atomic E-state index is 0.249. The molecule has 2 rings (SSSR count). The summed E-state index contributed by atoms with van der Waals surface area (Å²) in [5, 5.41) is 13.2. The van der Waals surface area contributed by atoms with Crippen LogP contribution in [0.4, 0.5) is 10.1 Å². The molecule has 0 spiro atoms. The number of hydrogen-bond donors (Lipinski definition) is 2. The van der Waals surface area contributed by atoms with Crippen LogP contribution in [0.15, 0.2) is 18.2 Å². The van der Waals surface area contributed by atoms with Gasteiger partial charge in [0.05, 0.1) is 11.3 Å². The van der Waals surface area contributed by atoms with Crippen molar-refractivity contribution in [1.29, 1.82) is 0 Å². The zero-order valence-corrected chi connectivity index (χ0v) is 9.59. The molecule has 0 heterocycles. The second-order valence-electron chi connectivity index (χ2n) is 4.72. The van der Waals surface area contributed by atoms with Gasteiger partial charge in [-0.3, -0.25) is 0 Å². The highest BCUT2D eigenvalue weighted by Crippen LogP contribution is 2.30. The highest BCUT2D eigenvalue weighted by atomic mass is 19.1. The molecule has 16 heavy (non-hydrogen) atoms. The number of benzene rings is 1. The molecule has 1 saturated carbocycles. The van der Waals surface area contributed by atoms with Crippen molar-refractivity contribution in [3.63, 3.8) is 0 Å². The summed E-state index contributed by atoms with van der Waals surface area (Å²) >= 11 is 0. The van der Waals surface area contributed by atoms with Crippen LogP contribution in [0.5, 0.6) is 0 Å². The van der Waals surface area contributed by atoms with Gasteiger partial charge in [0, 0.05) is 6.54 Å². The Balaban J connectivity index is 2.04. The van der Waals surface area contributed by atoms with Gasteiger partial charge in [-0.25, -0.2) is 4.39 Å². The van der Waals surface area contributed by atoms with Crippen LogP contribution < -0.4 is 5.32 Å². The molecule has 2 nitrogen and oxygen atoms in total. The van der Waals surface area contributed by atoms with Crippen molar-refractivity contribution in [1.82, 2.24) is 0 Å². The summed E-state index contributed by atoms with van der Waals surface area (Å²) in [5.41, 5.74) is 0.749. The van der Waals surface area contributed by atoms with E-state index in [1.807, 2.05) is 13.0 Å². The summed E-state index contributed by atoms with van der Waals surface area (Å²) in [5.74, 6) is -0.249. The molecule has 0 unspecified atom stereocenters. The highest BCUT2D eigenvalue weighted by Gasteiger charge is 2.30. The van der Waals surface area contributed by atoms with Crippen molar-refractivity contribution in [2.24, 2.45) is 0 Å². The fraction of sp³-hybridized carbons (Fsp3) is 0.538. The third-order valence-electron chi connectivity index (χ3n) is 3.35. The smallest absolute Gasteiger partial charge is 0.146 e. The maximum Gasteiger partial charge on any atom is 0.146 e. The average Bonchev–Trinajstić information content (AvgIpc) is 2.65. The van der Waals surface area contributed by atoms with Gasteiger partial charge in [0.15, 0.2) is 0 Å². The van der Waals surface area contributed by atoms with Crippen LogP contribution in [0.2, 0.25) is 0 Å². The number of rotatable bonds is 3. The van der Waals surface area contributed by atoms with E-state index >= 15 is 0 Å². The Labute approximate surface area is 95.5 Å². The fourth-order valence-corrected chi connectivity index (χ4v) is 2.32. The monoisotopic (exact) mass is 223 g/mol. The molecule has 0 saturated heterocycles. The largest absolute Gasteiger partial charge is 0.388 e. The summed E-state index contributed by atoms with van der Waals surface area (Å²) in [6, 6.07) is 5.00. The van der Waals surface area contributed by atoms with E-state index in [4.69, 9.17) is 0 Å². The number of hydrogen-bond acceptors (Lipinski definition) is 2. The number of para-hydroxylation sites is 1. The summed E-state index contributed by atoms with van der Waals surface area (Å²) in [7, 11) is 0. The van der Waals surface area contributed by atoms with Crippen molar-refractivity contribution < 1.29 is 9.50 Å². The van der Waals surface area contributed by atoms with Gasteiger partial charge >= 0.3 is 0 Å². The van der Waals surface area contributed by atoms with Crippen molar-refractivity contribution >= 4 is 5.69 Å². The Hall–Kier alpha value is -1.09. The minimum Gasteiger partial charge on any atom is -0.388 e. The molecular formula is C13H18FNO. The lowest BCUT2D eigenvalue weighted by Gasteiger charge is -2.23. The van der Waals surface area contributed by atoms with Crippen LogP contribution in [-0.2, 0) is 0 Å². The first-order valence-corrected chi connectivity index (χ1v) is 5.82. The van der Waals surface area contributed by atoms with Gasteiger partial charge in [0.25, 0.3) is 0 Å². The van der Waals surface area contributed by atoms with Crippen LogP contribution in [0.1, 0.15) is 31.2 Å². The first kappa shape index (κ1) is 11.4. The second-order valence-corrected chi connectivity index (χ2v) is 4.72. The molecule has 0 bridgehead atoms. The standard InChI is InChI=1S/C13H18FNO/c1-10-5-4-6-11(14)12(10)15-9-13(16)7-2-3-8-13/h4-6,15-16H,2-3,7-9H2,1H3. The van der Waals surface area contributed by atoms with Crippen molar-refractivity contribution in [2.75, 3.05) is 11.9 Å². The number of aliphatic hydroxyl groups is 1. The molecule has 1 fully saturated rings. The number of anilines is 1. The quantitative estimate of drug-likeness (QED) is 0.825. The lowest BCUT2D eigenvalue weighted by Crippen LogP contribution is -2.33. The second kappa shape index (κ2) is 4.42. The average molecular weight is 223 g/mol. The van der Waals surface area contributed by atoms with Gasteiger partial charge in [-0.2, -0.15) is 0 Å². The van der Waals surface area contributed by atoms with Gasteiger partial charge in [-0.1, -0.05) is 25.0 Å². The van der Waals surface area contributed by atoms with E-state index in [-0.39, 0.29) is 5.82 Å². The molecule has 88 valence electrons.